The second kappa shape index (κ2) is 2.02. The molecule has 0 bridgehead atoms. The molecular formula is C9H14N2O. The van der Waals surface area contributed by atoms with Gasteiger partial charge in [0.15, 0.2) is 0 Å². The van der Waals surface area contributed by atoms with Gasteiger partial charge in [0.05, 0.1) is 5.54 Å². The summed E-state index contributed by atoms with van der Waals surface area (Å²) in [5.41, 5.74) is 0.194. The van der Waals surface area contributed by atoms with Crippen LogP contribution in [-0.4, -0.2) is 24.5 Å². The van der Waals surface area contributed by atoms with Crippen LogP contribution >= 0.6 is 0 Å². The van der Waals surface area contributed by atoms with Gasteiger partial charge in [-0.15, -0.1) is 0 Å². The molecule has 12 heavy (non-hydrogen) atoms. The molecular weight excluding hydrogens is 152 g/mol. The fourth-order valence-corrected chi connectivity index (χ4v) is 2.22. The monoisotopic (exact) mass is 166 g/mol. The lowest BCUT2D eigenvalue weighted by atomic mass is 10.2. The Kier molecular flexibility index (Phi) is 1.16. The molecule has 3 aliphatic rings. The van der Waals surface area contributed by atoms with Crippen molar-refractivity contribution >= 4 is 5.91 Å². The molecule has 2 N–H and O–H groups in total. The van der Waals surface area contributed by atoms with Crippen LogP contribution in [0.1, 0.15) is 19.3 Å². The maximum atomic E-state index is 11.5. The first-order chi connectivity index (χ1) is 5.80. The van der Waals surface area contributed by atoms with Crippen LogP contribution in [0.4, 0.5) is 0 Å². The third-order valence-electron chi connectivity index (χ3n) is 3.38. The zero-order valence-electron chi connectivity index (χ0n) is 7.10. The predicted molar refractivity (Wildman–Crippen MR) is 44.6 cm³/mol. The van der Waals surface area contributed by atoms with E-state index in [2.05, 4.69) is 10.6 Å². The van der Waals surface area contributed by atoms with E-state index < -0.39 is 0 Å². The Bertz CT molecular complexity index is 237. The fourth-order valence-electron chi connectivity index (χ4n) is 2.22. The molecule has 3 nitrogen and oxygen atoms in total. The van der Waals surface area contributed by atoms with Crippen LogP contribution in [0.25, 0.3) is 0 Å². The first kappa shape index (κ1) is 6.89. The van der Waals surface area contributed by atoms with Crippen molar-refractivity contribution in [2.45, 2.75) is 24.8 Å². The Labute approximate surface area is 71.9 Å². The summed E-state index contributed by atoms with van der Waals surface area (Å²) in [6.45, 7) is 2.10. The molecule has 0 aromatic carbocycles. The molecule has 66 valence electrons. The number of carbonyl (C=O) groups is 1. The first-order valence-electron chi connectivity index (χ1n) is 4.83. The van der Waals surface area contributed by atoms with Crippen molar-refractivity contribution in [3.63, 3.8) is 0 Å². The van der Waals surface area contributed by atoms with Crippen LogP contribution in [0, 0.1) is 11.8 Å². The van der Waals surface area contributed by atoms with Crippen molar-refractivity contribution < 1.29 is 4.79 Å². The minimum absolute atomic E-state index is 0.194. The minimum Gasteiger partial charge on any atom is -0.349 e. The topological polar surface area (TPSA) is 41.1 Å². The minimum atomic E-state index is 0.194. The zero-order chi connectivity index (χ0) is 8.18. The molecule has 0 radical (unpaired) electrons. The summed E-state index contributed by atoms with van der Waals surface area (Å²) in [6.07, 6.45) is 3.43. The highest BCUT2D eigenvalue weighted by molar-refractivity contribution is 5.82. The summed E-state index contributed by atoms with van der Waals surface area (Å²) in [5.74, 6) is 1.41. The Morgan fingerprint density at radius 3 is 2.83 bits per heavy atom. The lowest BCUT2D eigenvalue weighted by molar-refractivity contribution is -0.123. The van der Waals surface area contributed by atoms with Crippen LogP contribution in [0.2, 0.25) is 0 Å². The number of nitrogens with one attached hydrogen (secondary N) is 2. The number of piperidine rings is 1. The van der Waals surface area contributed by atoms with Crippen LogP contribution in [0.15, 0.2) is 0 Å². The normalized spacial score (nSPS) is 43.8. The molecule has 1 aliphatic heterocycles. The van der Waals surface area contributed by atoms with E-state index in [4.69, 9.17) is 0 Å². The van der Waals surface area contributed by atoms with Gasteiger partial charge in [-0.2, -0.15) is 0 Å². The standard InChI is InChI=1S/C9H14N2O/c12-8(6-1-2-6)11-9-3-7(9)4-10-5-9/h6-7,10H,1-5H2,(H,11,12)/t7-,9-/m1/s1. The van der Waals surface area contributed by atoms with Gasteiger partial charge in [-0.25, -0.2) is 0 Å². The van der Waals surface area contributed by atoms with Crippen molar-refractivity contribution in [2.24, 2.45) is 11.8 Å². The SMILES string of the molecule is O=C(N[C@]12CNC[C@H]1C2)C1CC1. The Morgan fingerprint density at radius 1 is 1.50 bits per heavy atom. The summed E-state index contributed by atoms with van der Waals surface area (Å²) in [7, 11) is 0. The van der Waals surface area contributed by atoms with Gasteiger partial charge in [-0.05, 0) is 25.2 Å². The molecule has 3 heteroatoms. The summed E-state index contributed by atoms with van der Waals surface area (Å²) in [4.78, 5) is 11.5. The lowest BCUT2D eigenvalue weighted by Crippen LogP contribution is -2.42. The van der Waals surface area contributed by atoms with E-state index in [1.165, 1.54) is 6.42 Å². The van der Waals surface area contributed by atoms with Crippen LogP contribution in [0.5, 0.6) is 0 Å². The molecule has 1 amide bonds. The molecule has 0 spiro atoms. The zero-order valence-corrected chi connectivity index (χ0v) is 7.10. The van der Waals surface area contributed by atoms with Crippen molar-refractivity contribution in [3.05, 3.63) is 0 Å². The summed E-state index contributed by atoms with van der Waals surface area (Å²) in [6, 6.07) is 0. The highest BCUT2D eigenvalue weighted by Gasteiger charge is 2.58. The maximum absolute atomic E-state index is 11.5. The molecule has 2 atom stereocenters. The van der Waals surface area contributed by atoms with E-state index in [1.54, 1.807) is 0 Å². The van der Waals surface area contributed by atoms with E-state index in [1.807, 2.05) is 0 Å². The van der Waals surface area contributed by atoms with Gasteiger partial charge in [0.25, 0.3) is 0 Å². The largest absolute Gasteiger partial charge is 0.349 e. The second-order valence-electron chi connectivity index (χ2n) is 4.45. The molecule has 1 saturated heterocycles. The van der Waals surface area contributed by atoms with Crippen LogP contribution in [-0.2, 0) is 4.79 Å². The summed E-state index contributed by atoms with van der Waals surface area (Å²) >= 11 is 0. The Balaban J connectivity index is 1.64. The number of hydrogen-bond acceptors (Lipinski definition) is 2. The number of rotatable bonds is 2. The second-order valence-corrected chi connectivity index (χ2v) is 4.45. The molecule has 0 unspecified atom stereocenters. The van der Waals surface area contributed by atoms with Gasteiger partial charge >= 0.3 is 0 Å². The van der Waals surface area contributed by atoms with Gasteiger partial charge < -0.3 is 10.6 Å². The van der Waals surface area contributed by atoms with Crippen molar-refractivity contribution in [3.8, 4) is 0 Å². The molecule has 3 fully saturated rings. The smallest absolute Gasteiger partial charge is 0.223 e. The highest BCUT2D eigenvalue weighted by Crippen LogP contribution is 2.46. The Morgan fingerprint density at radius 2 is 2.33 bits per heavy atom. The van der Waals surface area contributed by atoms with E-state index in [0.29, 0.717) is 11.8 Å². The number of hydrogen-bond donors (Lipinski definition) is 2. The maximum Gasteiger partial charge on any atom is 0.223 e. The summed E-state index contributed by atoms with van der Waals surface area (Å²) < 4.78 is 0. The van der Waals surface area contributed by atoms with Crippen LogP contribution < -0.4 is 10.6 Å². The van der Waals surface area contributed by atoms with Gasteiger partial charge in [-0.3, -0.25) is 4.79 Å². The van der Waals surface area contributed by atoms with E-state index in [9.17, 15) is 4.79 Å². The number of fused-ring (bicyclic) bond motifs is 1. The first-order valence-corrected chi connectivity index (χ1v) is 4.83. The Hall–Kier alpha value is -0.570. The van der Waals surface area contributed by atoms with Crippen molar-refractivity contribution in [1.82, 2.24) is 10.6 Å². The summed E-state index contributed by atoms with van der Waals surface area (Å²) in [5, 5.41) is 6.50. The molecule has 0 aromatic heterocycles. The van der Waals surface area contributed by atoms with E-state index in [-0.39, 0.29) is 5.54 Å². The molecule has 1 heterocycles. The lowest BCUT2D eigenvalue weighted by Gasteiger charge is -2.13. The molecule has 3 rings (SSSR count). The predicted octanol–water partition coefficient (Wildman–Crippen LogP) is -0.126. The third-order valence-corrected chi connectivity index (χ3v) is 3.38. The van der Waals surface area contributed by atoms with Crippen molar-refractivity contribution in [2.75, 3.05) is 13.1 Å². The number of amides is 1. The van der Waals surface area contributed by atoms with Gasteiger partial charge in [0.1, 0.15) is 0 Å². The molecule has 0 aromatic rings. The van der Waals surface area contributed by atoms with E-state index in [0.717, 1.165) is 31.8 Å². The fraction of sp³-hybridized carbons (Fsp3) is 0.889. The van der Waals surface area contributed by atoms with E-state index >= 15 is 0 Å². The average molecular weight is 166 g/mol. The van der Waals surface area contributed by atoms with Crippen molar-refractivity contribution in [1.29, 1.82) is 0 Å². The average Bonchev–Trinajstić information content (AvgIpc) is 2.92. The van der Waals surface area contributed by atoms with Gasteiger partial charge in [-0.1, -0.05) is 0 Å². The highest BCUT2D eigenvalue weighted by atomic mass is 16.2. The quantitative estimate of drug-likeness (QED) is 0.600. The van der Waals surface area contributed by atoms with Crippen LogP contribution in [0.3, 0.4) is 0 Å². The van der Waals surface area contributed by atoms with Gasteiger partial charge in [0, 0.05) is 19.0 Å². The third kappa shape index (κ3) is 0.891. The molecule has 2 saturated carbocycles. The molecule has 2 aliphatic carbocycles. The number of carbonyl (C=O) groups excluding carboxylic acids is 1. The van der Waals surface area contributed by atoms with Gasteiger partial charge in [0.2, 0.25) is 5.91 Å².